The zero-order valence-corrected chi connectivity index (χ0v) is 10.7. The van der Waals surface area contributed by atoms with Crippen LogP contribution in [0.15, 0.2) is 0 Å². The Morgan fingerprint density at radius 3 is 2.82 bits per heavy atom. The van der Waals surface area contributed by atoms with Gasteiger partial charge in [-0.15, -0.1) is 0 Å². The van der Waals surface area contributed by atoms with E-state index in [0.29, 0.717) is 31.7 Å². The number of hydrogen-bond donors (Lipinski definition) is 1. The highest BCUT2D eigenvalue weighted by Gasteiger charge is 2.20. The molecule has 0 aliphatic carbocycles. The van der Waals surface area contributed by atoms with Crippen LogP contribution in [-0.4, -0.2) is 50.6 Å². The number of rotatable bonds is 6. The predicted molar refractivity (Wildman–Crippen MR) is 64.5 cm³/mol. The van der Waals surface area contributed by atoms with Gasteiger partial charge in [-0.25, -0.2) is 0 Å². The number of ether oxygens (including phenoxy) is 1. The van der Waals surface area contributed by atoms with Crippen LogP contribution in [-0.2, 0) is 14.3 Å². The van der Waals surface area contributed by atoms with Crippen LogP contribution >= 0.6 is 0 Å². The standard InChI is InChI=1S/C12H22N2O3/c1-14(7-3-4-12(16)17-2)11(15)8-10-5-6-13-9-10/h10,13H,3-9H2,1-2H3. The zero-order chi connectivity index (χ0) is 12.7. The van der Waals surface area contributed by atoms with E-state index in [1.165, 1.54) is 7.11 Å². The van der Waals surface area contributed by atoms with Crippen LogP contribution in [0.4, 0.5) is 0 Å². The van der Waals surface area contributed by atoms with Crippen molar-refractivity contribution < 1.29 is 14.3 Å². The van der Waals surface area contributed by atoms with Crippen LogP contribution in [0.25, 0.3) is 0 Å². The molecule has 1 amide bonds. The first-order valence-corrected chi connectivity index (χ1v) is 6.15. The average molecular weight is 242 g/mol. The van der Waals surface area contributed by atoms with Crippen molar-refractivity contribution in [2.75, 3.05) is 33.8 Å². The molecule has 0 aromatic heterocycles. The monoisotopic (exact) mass is 242 g/mol. The lowest BCUT2D eigenvalue weighted by atomic mass is 10.0. The molecule has 1 N–H and O–H groups in total. The van der Waals surface area contributed by atoms with Gasteiger partial charge in [0.1, 0.15) is 0 Å². The highest BCUT2D eigenvalue weighted by atomic mass is 16.5. The van der Waals surface area contributed by atoms with Gasteiger partial charge in [0.15, 0.2) is 0 Å². The summed E-state index contributed by atoms with van der Waals surface area (Å²) in [4.78, 5) is 24.4. The van der Waals surface area contributed by atoms with Crippen LogP contribution in [0.5, 0.6) is 0 Å². The molecule has 5 heteroatoms. The van der Waals surface area contributed by atoms with E-state index in [-0.39, 0.29) is 11.9 Å². The third-order valence-corrected chi connectivity index (χ3v) is 3.15. The van der Waals surface area contributed by atoms with E-state index in [1.807, 2.05) is 0 Å². The Kier molecular flexibility index (Phi) is 5.97. The van der Waals surface area contributed by atoms with Gasteiger partial charge < -0.3 is 15.0 Å². The van der Waals surface area contributed by atoms with Crippen molar-refractivity contribution in [2.24, 2.45) is 5.92 Å². The number of nitrogens with one attached hydrogen (secondary N) is 1. The van der Waals surface area contributed by atoms with Gasteiger partial charge in [-0.05, 0) is 31.8 Å². The molecule has 1 saturated heterocycles. The van der Waals surface area contributed by atoms with Crippen molar-refractivity contribution in [3.8, 4) is 0 Å². The molecule has 5 nitrogen and oxygen atoms in total. The maximum absolute atomic E-state index is 11.8. The lowest BCUT2D eigenvalue weighted by Gasteiger charge is -2.18. The summed E-state index contributed by atoms with van der Waals surface area (Å²) in [6.07, 6.45) is 2.74. The lowest BCUT2D eigenvalue weighted by molar-refractivity contribution is -0.141. The Morgan fingerprint density at radius 2 is 2.24 bits per heavy atom. The van der Waals surface area contributed by atoms with Crippen LogP contribution in [0.3, 0.4) is 0 Å². The minimum Gasteiger partial charge on any atom is -0.469 e. The van der Waals surface area contributed by atoms with Gasteiger partial charge in [0.2, 0.25) is 5.91 Å². The van der Waals surface area contributed by atoms with Crippen molar-refractivity contribution >= 4 is 11.9 Å². The highest BCUT2D eigenvalue weighted by Crippen LogP contribution is 2.13. The molecule has 98 valence electrons. The van der Waals surface area contributed by atoms with E-state index in [9.17, 15) is 9.59 Å². The second-order valence-corrected chi connectivity index (χ2v) is 4.56. The third kappa shape index (κ3) is 5.17. The molecule has 1 heterocycles. The zero-order valence-electron chi connectivity index (χ0n) is 10.7. The normalized spacial score (nSPS) is 19.1. The van der Waals surface area contributed by atoms with Gasteiger partial charge in [-0.3, -0.25) is 9.59 Å². The highest BCUT2D eigenvalue weighted by molar-refractivity contribution is 5.76. The summed E-state index contributed by atoms with van der Waals surface area (Å²) in [6, 6.07) is 0. The Balaban J connectivity index is 2.15. The molecule has 0 spiro atoms. The van der Waals surface area contributed by atoms with Gasteiger partial charge in [0.25, 0.3) is 0 Å². The smallest absolute Gasteiger partial charge is 0.305 e. The molecule has 0 saturated carbocycles. The fourth-order valence-electron chi connectivity index (χ4n) is 1.98. The molecule has 1 aliphatic rings. The van der Waals surface area contributed by atoms with Crippen molar-refractivity contribution in [3.63, 3.8) is 0 Å². The molecule has 0 bridgehead atoms. The van der Waals surface area contributed by atoms with Crippen molar-refractivity contribution in [1.82, 2.24) is 10.2 Å². The second kappa shape index (κ2) is 7.27. The summed E-state index contributed by atoms with van der Waals surface area (Å²) < 4.78 is 4.55. The van der Waals surface area contributed by atoms with E-state index < -0.39 is 0 Å². The van der Waals surface area contributed by atoms with Crippen LogP contribution in [0.2, 0.25) is 0 Å². The summed E-state index contributed by atoms with van der Waals surface area (Å²) >= 11 is 0. The topological polar surface area (TPSA) is 58.6 Å². The Labute approximate surface area is 102 Å². The molecule has 1 atom stereocenters. The van der Waals surface area contributed by atoms with Gasteiger partial charge in [-0.1, -0.05) is 0 Å². The molecular weight excluding hydrogens is 220 g/mol. The number of methoxy groups -OCH3 is 1. The van der Waals surface area contributed by atoms with E-state index in [2.05, 4.69) is 10.1 Å². The molecule has 0 aromatic rings. The van der Waals surface area contributed by atoms with E-state index in [0.717, 1.165) is 19.5 Å². The Morgan fingerprint density at radius 1 is 1.47 bits per heavy atom. The van der Waals surface area contributed by atoms with Crippen molar-refractivity contribution in [1.29, 1.82) is 0 Å². The van der Waals surface area contributed by atoms with E-state index in [4.69, 9.17) is 0 Å². The number of esters is 1. The molecule has 1 aliphatic heterocycles. The van der Waals surface area contributed by atoms with Crippen molar-refractivity contribution in [3.05, 3.63) is 0 Å². The number of amides is 1. The molecule has 0 radical (unpaired) electrons. The van der Waals surface area contributed by atoms with Gasteiger partial charge >= 0.3 is 5.97 Å². The SMILES string of the molecule is COC(=O)CCCN(C)C(=O)CC1CCNC1. The van der Waals surface area contributed by atoms with Crippen LogP contribution < -0.4 is 5.32 Å². The number of carbonyl (C=O) groups is 2. The summed E-state index contributed by atoms with van der Waals surface area (Å²) in [5.41, 5.74) is 0. The second-order valence-electron chi connectivity index (χ2n) is 4.56. The molecule has 17 heavy (non-hydrogen) atoms. The van der Waals surface area contributed by atoms with E-state index in [1.54, 1.807) is 11.9 Å². The lowest BCUT2D eigenvalue weighted by Crippen LogP contribution is -2.30. The first kappa shape index (κ1) is 14.0. The van der Waals surface area contributed by atoms with Gasteiger partial charge in [0.05, 0.1) is 7.11 Å². The van der Waals surface area contributed by atoms with Crippen LogP contribution in [0.1, 0.15) is 25.7 Å². The Hall–Kier alpha value is -1.10. The molecule has 0 aromatic carbocycles. The fourth-order valence-corrected chi connectivity index (χ4v) is 1.98. The van der Waals surface area contributed by atoms with Gasteiger partial charge in [0, 0.05) is 26.4 Å². The average Bonchev–Trinajstić information content (AvgIpc) is 2.81. The fraction of sp³-hybridized carbons (Fsp3) is 0.833. The predicted octanol–water partition coefficient (Wildman–Crippen LogP) is 0.398. The summed E-state index contributed by atoms with van der Waals surface area (Å²) in [5.74, 6) is 0.431. The van der Waals surface area contributed by atoms with E-state index >= 15 is 0 Å². The maximum atomic E-state index is 11.8. The molecule has 1 rings (SSSR count). The number of carbonyl (C=O) groups excluding carboxylic acids is 2. The summed E-state index contributed by atoms with van der Waals surface area (Å²) in [6.45, 7) is 2.58. The molecular formula is C12H22N2O3. The molecule has 1 fully saturated rings. The third-order valence-electron chi connectivity index (χ3n) is 3.15. The Bertz CT molecular complexity index is 262. The number of nitrogens with zero attached hydrogens (tertiary/aromatic N) is 1. The van der Waals surface area contributed by atoms with Crippen molar-refractivity contribution in [2.45, 2.75) is 25.7 Å². The van der Waals surface area contributed by atoms with Gasteiger partial charge in [-0.2, -0.15) is 0 Å². The first-order chi connectivity index (χ1) is 8.13. The summed E-state index contributed by atoms with van der Waals surface area (Å²) in [5, 5.41) is 3.25. The minimum absolute atomic E-state index is 0.170. The number of hydrogen-bond acceptors (Lipinski definition) is 4. The maximum Gasteiger partial charge on any atom is 0.305 e. The minimum atomic E-state index is -0.217. The molecule has 1 unspecified atom stereocenters. The first-order valence-electron chi connectivity index (χ1n) is 6.15. The summed E-state index contributed by atoms with van der Waals surface area (Å²) in [7, 11) is 3.17. The van der Waals surface area contributed by atoms with Crippen LogP contribution in [0, 0.1) is 5.92 Å². The quantitative estimate of drug-likeness (QED) is 0.685. The largest absolute Gasteiger partial charge is 0.469 e.